The van der Waals surface area contributed by atoms with Crippen molar-refractivity contribution in [2.45, 2.75) is 18.9 Å². The first-order chi connectivity index (χ1) is 8.17. The van der Waals surface area contributed by atoms with Crippen LogP contribution in [0, 0.1) is 5.82 Å². The van der Waals surface area contributed by atoms with E-state index in [9.17, 15) is 4.39 Å². The summed E-state index contributed by atoms with van der Waals surface area (Å²) in [5.41, 5.74) is 6.26. The number of methoxy groups -OCH3 is 1. The molecule has 0 radical (unpaired) electrons. The van der Waals surface area contributed by atoms with Crippen molar-refractivity contribution in [2.24, 2.45) is 5.73 Å². The molecular weight excluding hydrogens is 243 g/mol. The summed E-state index contributed by atoms with van der Waals surface area (Å²) < 4.78 is 18.1. The van der Waals surface area contributed by atoms with Gasteiger partial charge in [0.1, 0.15) is 5.82 Å². The van der Waals surface area contributed by atoms with Crippen molar-refractivity contribution in [3.05, 3.63) is 29.0 Å². The summed E-state index contributed by atoms with van der Waals surface area (Å²) in [7, 11) is 1.65. The molecule has 1 aromatic rings. The first kappa shape index (κ1) is 14.2. The molecule has 0 spiro atoms. The smallest absolute Gasteiger partial charge is 0.141 e. The molecule has 0 fully saturated rings. The molecule has 1 atom stereocenters. The van der Waals surface area contributed by atoms with Crippen LogP contribution in [0.25, 0.3) is 0 Å². The number of nitrogens with two attached hydrogens (primary N) is 1. The first-order valence-electron chi connectivity index (χ1n) is 5.58. The van der Waals surface area contributed by atoms with E-state index >= 15 is 0 Å². The molecule has 1 aromatic carbocycles. The van der Waals surface area contributed by atoms with Crippen LogP contribution in [0.15, 0.2) is 18.2 Å². The monoisotopic (exact) mass is 260 g/mol. The summed E-state index contributed by atoms with van der Waals surface area (Å²) >= 11 is 5.71. The minimum atomic E-state index is -0.414. The Kier molecular flexibility index (Phi) is 6.26. The molecule has 1 rings (SSSR count). The van der Waals surface area contributed by atoms with Crippen molar-refractivity contribution in [2.75, 3.05) is 25.6 Å². The summed E-state index contributed by atoms with van der Waals surface area (Å²) in [5.74, 6) is -0.414. The summed E-state index contributed by atoms with van der Waals surface area (Å²) in [4.78, 5) is 0. The summed E-state index contributed by atoms with van der Waals surface area (Å²) in [6.07, 6.45) is 1.81. The molecule has 0 aliphatic heterocycles. The molecule has 96 valence electrons. The second kappa shape index (κ2) is 7.48. The van der Waals surface area contributed by atoms with E-state index < -0.39 is 5.82 Å². The Bertz CT molecular complexity index is 349. The highest BCUT2D eigenvalue weighted by molar-refractivity contribution is 6.31. The second-order valence-corrected chi connectivity index (χ2v) is 4.26. The number of hydrogen-bond donors (Lipinski definition) is 2. The van der Waals surface area contributed by atoms with Crippen molar-refractivity contribution in [1.29, 1.82) is 0 Å². The molecule has 3 nitrogen and oxygen atoms in total. The Morgan fingerprint density at radius 2 is 2.29 bits per heavy atom. The van der Waals surface area contributed by atoms with Crippen LogP contribution in [-0.2, 0) is 4.74 Å². The predicted molar refractivity (Wildman–Crippen MR) is 69.0 cm³/mol. The SMILES string of the molecule is COCC(CCCN)Nc1ccc(F)c(Cl)c1. The molecule has 17 heavy (non-hydrogen) atoms. The maximum absolute atomic E-state index is 13.0. The fraction of sp³-hybridized carbons (Fsp3) is 0.500. The van der Waals surface area contributed by atoms with Crippen LogP contribution in [0.5, 0.6) is 0 Å². The van der Waals surface area contributed by atoms with Gasteiger partial charge < -0.3 is 15.8 Å². The average molecular weight is 261 g/mol. The zero-order chi connectivity index (χ0) is 12.7. The van der Waals surface area contributed by atoms with Crippen LogP contribution >= 0.6 is 11.6 Å². The molecule has 0 heterocycles. The lowest BCUT2D eigenvalue weighted by molar-refractivity contribution is 0.182. The van der Waals surface area contributed by atoms with Crippen molar-refractivity contribution in [3.63, 3.8) is 0 Å². The lowest BCUT2D eigenvalue weighted by Crippen LogP contribution is -2.25. The van der Waals surface area contributed by atoms with Gasteiger partial charge in [0.2, 0.25) is 0 Å². The largest absolute Gasteiger partial charge is 0.383 e. The van der Waals surface area contributed by atoms with E-state index in [4.69, 9.17) is 22.1 Å². The summed E-state index contributed by atoms with van der Waals surface area (Å²) in [5, 5.41) is 3.37. The van der Waals surface area contributed by atoms with E-state index in [0.717, 1.165) is 18.5 Å². The zero-order valence-electron chi connectivity index (χ0n) is 9.88. The Labute approximate surface area is 106 Å². The molecular formula is C12H18ClFN2O. The highest BCUT2D eigenvalue weighted by Gasteiger charge is 2.09. The molecule has 5 heteroatoms. The topological polar surface area (TPSA) is 47.3 Å². The number of anilines is 1. The van der Waals surface area contributed by atoms with Crippen molar-refractivity contribution in [1.82, 2.24) is 0 Å². The third kappa shape index (κ3) is 4.89. The molecule has 0 saturated carbocycles. The lowest BCUT2D eigenvalue weighted by atomic mass is 10.1. The van der Waals surface area contributed by atoms with Gasteiger partial charge in [0, 0.05) is 18.8 Å². The number of rotatable bonds is 7. The van der Waals surface area contributed by atoms with Crippen LogP contribution in [0.2, 0.25) is 5.02 Å². The van der Waals surface area contributed by atoms with E-state index in [1.54, 1.807) is 19.2 Å². The normalized spacial score (nSPS) is 12.5. The maximum atomic E-state index is 13.0. The summed E-state index contributed by atoms with van der Waals surface area (Å²) in [6.45, 7) is 1.22. The Balaban J connectivity index is 2.61. The Morgan fingerprint density at radius 3 is 2.88 bits per heavy atom. The maximum Gasteiger partial charge on any atom is 0.141 e. The van der Waals surface area contributed by atoms with E-state index in [1.165, 1.54) is 6.07 Å². The van der Waals surface area contributed by atoms with E-state index in [1.807, 2.05) is 0 Å². The predicted octanol–water partition coefficient (Wildman–Crippen LogP) is 2.64. The molecule has 0 aromatic heterocycles. The van der Waals surface area contributed by atoms with Gasteiger partial charge >= 0.3 is 0 Å². The second-order valence-electron chi connectivity index (χ2n) is 3.86. The van der Waals surface area contributed by atoms with Gasteiger partial charge in [-0.05, 0) is 37.6 Å². The molecule has 0 amide bonds. The van der Waals surface area contributed by atoms with Gasteiger partial charge in [-0.3, -0.25) is 0 Å². The summed E-state index contributed by atoms with van der Waals surface area (Å²) in [6, 6.07) is 4.73. The number of ether oxygens (including phenoxy) is 1. The molecule has 0 bridgehead atoms. The fourth-order valence-electron chi connectivity index (χ4n) is 1.58. The third-order valence-electron chi connectivity index (χ3n) is 2.41. The van der Waals surface area contributed by atoms with Crippen LogP contribution < -0.4 is 11.1 Å². The van der Waals surface area contributed by atoms with Gasteiger partial charge in [-0.1, -0.05) is 11.6 Å². The van der Waals surface area contributed by atoms with Gasteiger partial charge in [-0.25, -0.2) is 4.39 Å². The van der Waals surface area contributed by atoms with Gasteiger partial charge in [-0.15, -0.1) is 0 Å². The average Bonchev–Trinajstić information content (AvgIpc) is 2.31. The highest BCUT2D eigenvalue weighted by atomic mass is 35.5. The number of hydrogen-bond acceptors (Lipinski definition) is 3. The van der Waals surface area contributed by atoms with Gasteiger partial charge in [0.15, 0.2) is 0 Å². The van der Waals surface area contributed by atoms with Crippen molar-refractivity contribution < 1.29 is 9.13 Å². The third-order valence-corrected chi connectivity index (χ3v) is 2.70. The van der Waals surface area contributed by atoms with Crippen LogP contribution in [0.3, 0.4) is 0 Å². The van der Waals surface area contributed by atoms with Crippen molar-refractivity contribution in [3.8, 4) is 0 Å². The zero-order valence-corrected chi connectivity index (χ0v) is 10.6. The van der Waals surface area contributed by atoms with Gasteiger partial charge in [0.05, 0.1) is 11.6 Å². The van der Waals surface area contributed by atoms with Crippen LogP contribution in [0.4, 0.5) is 10.1 Å². The molecule has 0 aliphatic rings. The Hall–Kier alpha value is -0.840. The first-order valence-corrected chi connectivity index (χ1v) is 5.95. The van der Waals surface area contributed by atoms with Crippen LogP contribution in [0.1, 0.15) is 12.8 Å². The minimum absolute atomic E-state index is 0.116. The van der Waals surface area contributed by atoms with Crippen molar-refractivity contribution >= 4 is 17.3 Å². The quantitative estimate of drug-likeness (QED) is 0.792. The van der Waals surface area contributed by atoms with Gasteiger partial charge in [-0.2, -0.15) is 0 Å². The number of halogens is 2. The Morgan fingerprint density at radius 1 is 1.53 bits per heavy atom. The standard InChI is InChI=1S/C12H18ClFN2O/c1-17-8-10(3-2-6-15)16-9-4-5-12(14)11(13)7-9/h4-5,7,10,16H,2-3,6,8,15H2,1H3. The van der Waals surface area contributed by atoms with Gasteiger partial charge in [0.25, 0.3) is 0 Å². The highest BCUT2D eigenvalue weighted by Crippen LogP contribution is 2.20. The number of nitrogens with one attached hydrogen (secondary N) is 1. The number of benzene rings is 1. The molecule has 3 N–H and O–H groups in total. The molecule has 0 saturated heterocycles. The van der Waals surface area contributed by atoms with E-state index in [2.05, 4.69) is 5.32 Å². The van der Waals surface area contributed by atoms with Crippen LogP contribution in [-0.4, -0.2) is 26.3 Å². The fourth-order valence-corrected chi connectivity index (χ4v) is 1.76. The van der Waals surface area contributed by atoms with E-state index in [0.29, 0.717) is 13.2 Å². The lowest BCUT2D eigenvalue weighted by Gasteiger charge is -2.19. The van der Waals surface area contributed by atoms with E-state index in [-0.39, 0.29) is 11.1 Å². The minimum Gasteiger partial charge on any atom is -0.383 e. The molecule has 0 aliphatic carbocycles. The molecule has 1 unspecified atom stereocenters.